The summed E-state index contributed by atoms with van der Waals surface area (Å²) in [5.41, 5.74) is -1.23. The maximum absolute atomic E-state index is 13.0. The molecule has 0 spiro atoms. The van der Waals surface area contributed by atoms with E-state index in [9.17, 15) is 23.7 Å². The van der Waals surface area contributed by atoms with E-state index in [1.807, 2.05) is 6.26 Å². The molecule has 0 aliphatic carbocycles. The summed E-state index contributed by atoms with van der Waals surface area (Å²) in [7, 11) is 0. The monoisotopic (exact) mass is 290 g/mol. The Kier molecular flexibility index (Phi) is 5.68. The topological polar surface area (TPSA) is 72.2 Å². The van der Waals surface area contributed by atoms with E-state index in [1.54, 1.807) is 11.8 Å². The molecule has 1 aromatic carbocycles. The minimum Gasteiger partial charge on any atom is -0.352 e. The van der Waals surface area contributed by atoms with Crippen LogP contribution in [0.5, 0.6) is 0 Å². The molecule has 0 radical (unpaired) electrons. The molecule has 0 saturated carbocycles. The van der Waals surface area contributed by atoms with Gasteiger partial charge in [-0.1, -0.05) is 0 Å². The van der Waals surface area contributed by atoms with Crippen LogP contribution in [0, 0.1) is 21.7 Å². The first-order valence-corrected chi connectivity index (χ1v) is 6.77. The van der Waals surface area contributed by atoms with Gasteiger partial charge in [0.05, 0.1) is 11.0 Å². The second-order valence-electron chi connectivity index (χ2n) is 3.64. The van der Waals surface area contributed by atoms with Crippen molar-refractivity contribution in [2.24, 2.45) is 0 Å². The van der Waals surface area contributed by atoms with Crippen molar-refractivity contribution in [3.8, 4) is 0 Å². The Morgan fingerprint density at radius 2 is 2.05 bits per heavy atom. The van der Waals surface area contributed by atoms with Crippen LogP contribution < -0.4 is 5.32 Å². The van der Waals surface area contributed by atoms with Crippen LogP contribution in [0.4, 0.5) is 14.5 Å². The van der Waals surface area contributed by atoms with E-state index in [1.165, 1.54) is 0 Å². The number of carbonyl (C=O) groups is 1. The second kappa shape index (κ2) is 7.03. The van der Waals surface area contributed by atoms with Crippen molar-refractivity contribution in [2.45, 2.75) is 6.42 Å². The van der Waals surface area contributed by atoms with Gasteiger partial charge in [0.1, 0.15) is 5.56 Å². The molecule has 0 atom stereocenters. The van der Waals surface area contributed by atoms with Crippen molar-refractivity contribution in [1.82, 2.24) is 5.32 Å². The Labute approximate surface area is 112 Å². The highest BCUT2D eigenvalue weighted by molar-refractivity contribution is 7.98. The number of nitrogens with zero attached hydrogens (tertiary/aromatic N) is 1. The lowest BCUT2D eigenvalue weighted by atomic mass is 10.1. The van der Waals surface area contributed by atoms with Crippen LogP contribution in [0.1, 0.15) is 16.8 Å². The number of hydrogen-bond acceptors (Lipinski definition) is 4. The number of nitro groups is 1. The molecule has 1 amide bonds. The van der Waals surface area contributed by atoms with Gasteiger partial charge in [-0.3, -0.25) is 14.9 Å². The quantitative estimate of drug-likeness (QED) is 0.496. The number of thioether (sulfide) groups is 1. The lowest BCUT2D eigenvalue weighted by Crippen LogP contribution is -2.25. The molecule has 1 rings (SSSR count). The summed E-state index contributed by atoms with van der Waals surface area (Å²) in [6, 6.07) is 0.948. The van der Waals surface area contributed by atoms with Gasteiger partial charge in [-0.2, -0.15) is 11.8 Å². The predicted molar refractivity (Wildman–Crippen MR) is 68.3 cm³/mol. The van der Waals surface area contributed by atoms with Crippen LogP contribution in [0.15, 0.2) is 12.1 Å². The zero-order valence-electron chi connectivity index (χ0n) is 10.1. The molecule has 0 heterocycles. The van der Waals surface area contributed by atoms with Gasteiger partial charge < -0.3 is 5.32 Å². The van der Waals surface area contributed by atoms with E-state index in [-0.39, 0.29) is 0 Å². The highest BCUT2D eigenvalue weighted by Crippen LogP contribution is 2.22. The van der Waals surface area contributed by atoms with Gasteiger partial charge >= 0.3 is 0 Å². The van der Waals surface area contributed by atoms with Gasteiger partial charge in [-0.25, -0.2) is 8.78 Å². The van der Waals surface area contributed by atoms with Crippen molar-refractivity contribution in [3.05, 3.63) is 39.4 Å². The lowest BCUT2D eigenvalue weighted by Gasteiger charge is -2.06. The van der Waals surface area contributed by atoms with Crippen LogP contribution in [-0.2, 0) is 0 Å². The van der Waals surface area contributed by atoms with Crippen molar-refractivity contribution < 1.29 is 18.5 Å². The molecule has 5 nitrogen and oxygen atoms in total. The molecule has 19 heavy (non-hydrogen) atoms. The molecule has 0 aliphatic heterocycles. The zero-order chi connectivity index (χ0) is 14.4. The van der Waals surface area contributed by atoms with Crippen molar-refractivity contribution in [2.75, 3.05) is 18.6 Å². The van der Waals surface area contributed by atoms with Crippen LogP contribution in [0.3, 0.4) is 0 Å². The lowest BCUT2D eigenvalue weighted by molar-refractivity contribution is -0.385. The van der Waals surface area contributed by atoms with Crippen LogP contribution in [-0.4, -0.2) is 29.4 Å². The van der Waals surface area contributed by atoms with E-state index in [0.29, 0.717) is 25.1 Å². The van der Waals surface area contributed by atoms with Crippen LogP contribution in [0.2, 0.25) is 0 Å². The third-order valence-corrected chi connectivity index (χ3v) is 2.99. The summed E-state index contributed by atoms with van der Waals surface area (Å²) in [6.45, 7) is 0.315. The number of amides is 1. The predicted octanol–water partition coefficient (Wildman–Crippen LogP) is 2.36. The van der Waals surface area contributed by atoms with E-state index >= 15 is 0 Å². The number of nitrogens with one attached hydrogen (secondary N) is 1. The fourth-order valence-electron chi connectivity index (χ4n) is 1.38. The zero-order valence-corrected chi connectivity index (χ0v) is 10.9. The molecule has 104 valence electrons. The minimum absolute atomic E-state index is 0.315. The number of halogens is 2. The molecule has 0 unspecified atom stereocenters. The number of hydrogen-bond donors (Lipinski definition) is 1. The first-order chi connectivity index (χ1) is 8.97. The third-order valence-electron chi connectivity index (χ3n) is 2.29. The molecule has 0 aromatic heterocycles. The first-order valence-electron chi connectivity index (χ1n) is 5.38. The molecular formula is C11H12F2N2O3S. The van der Waals surface area contributed by atoms with Gasteiger partial charge in [0, 0.05) is 6.54 Å². The van der Waals surface area contributed by atoms with Gasteiger partial charge in [0.15, 0.2) is 11.6 Å². The van der Waals surface area contributed by atoms with E-state index in [4.69, 9.17) is 0 Å². The molecule has 1 N–H and O–H groups in total. The fraction of sp³-hybridized carbons (Fsp3) is 0.364. The van der Waals surface area contributed by atoms with Crippen LogP contribution in [0.25, 0.3) is 0 Å². The van der Waals surface area contributed by atoms with Gasteiger partial charge in [-0.05, 0) is 24.5 Å². The minimum atomic E-state index is -1.36. The molecular weight excluding hydrogens is 278 g/mol. The summed E-state index contributed by atoms with van der Waals surface area (Å²) in [4.78, 5) is 21.5. The van der Waals surface area contributed by atoms with Crippen molar-refractivity contribution >= 4 is 23.4 Å². The Bertz CT molecular complexity index is 497. The number of carbonyl (C=O) groups excluding carboxylic acids is 1. The van der Waals surface area contributed by atoms with Crippen molar-refractivity contribution in [3.63, 3.8) is 0 Å². The van der Waals surface area contributed by atoms with Crippen LogP contribution >= 0.6 is 11.8 Å². The SMILES string of the molecule is CSCCCNC(=O)c1cc(F)c(F)cc1[N+](=O)[O-]. The smallest absolute Gasteiger partial charge is 0.285 e. The highest BCUT2D eigenvalue weighted by Gasteiger charge is 2.23. The average Bonchev–Trinajstić information content (AvgIpc) is 2.36. The maximum atomic E-state index is 13.0. The van der Waals surface area contributed by atoms with Gasteiger partial charge in [-0.15, -0.1) is 0 Å². The fourth-order valence-corrected chi connectivity index (χ4v) is 1.82. The van der Waals surface area contributed by atoms with Crippen molar-refractivity contribution in [1.29, 1.82) is 0 Å². The van der Waals surface area contributed by atoms with E-state index in [0.717, 1.165) is 5.75 Å². The number of rotatable bonds is 6. The Hall–Kier alpha value is -1.70. The Morgan fingerprint density at radius 3 is 2.63 bits per heavy atom. The number of benzene rings is 1. The van der Waals surface area contributed by atoms with E-state index < -0.39 is 33.7 Å². The summed E-state index contributed by atoms with van der Waals surface area (Å²) < 4.78 is 26.0. The summed E-state index contributed by atoms with van der Waals surface area (Å²) >= 11 is 1.59. The highest BCUT2D eigenvalue weighted by atomic mass is 32.2. The summed E-state index contributed by atoms with van der Waals surface area (Å²) in [5, 5.41) is 13.1. The standard InChI is InChI=1S/C11H12F2N2O3S/c1-19-4-2-3-14-11(16)7-5-8(12)9(13)6-10(7)15(17)18/h5-6H,2-4H2,1H3,(H,14,16). The normalized spacial score (nSPS) is 10.3. The third kappa shape index (κ3) is 4.16. The van der Waals surface area contributed by atoms with Gasteiger partial charge in [0.25, 0.3) is 11.6 Å². The van der Waals surface area contributed by atoms with E-state index in [2.05, 4.69) is 5.32 Å². The number of nitro benzene ring substituents is 1. The Morgan fingerprint density at radius 1 is 1.42 bits per heavy atom. The molecule has 8 heteroatoms. The molecule has 0 saturated heterocycles. The Balaban J connectivity index is 2.89. The molecule has 0 fully saturated rings. The molecule has 0 bridgehead atoms. The average molecular weight is 290 g/mol. The maximum Gasteiger partial charge on any atom is 0.285 e. The second-order valence-corrected chi connectivity index (χ2v) is 4.63. The first kappa shape index (κ1) is 15.4. The van der Waals surface area contributed by atoms with Gasteiger partial charge in [0.2, 0.25) is 0 Å². The molecule has 0 aliphatic rings. The summed E-state index contributed by atoms with van der Waals surface area (Å²) in [6.07, 6.45) is 2.59. The largest absolute Gasteiger partial charge is 0.352 e. The summed E-state index contributed by atoms with van der Waals surface area (Å²) in [5.74, 6) is -2.61. The molecule has 1 aromatic rings.